The van der Waals surface area contributed by atoms with Gasteiger partial charge in [-0.05, 0) is 36.8 Å². The Morgan fingerprint density at radius 3 is 2.67 bits per heavy atom. The average molecular weight is 293 g/mol. The summed E-state index contributed by atoms with van der Waals surface area (Å²) in [5, 5.41) is 14.7. The molecule has 0 aliphatic heterocycles. The van der Waals surface area contributed by atoms with Crippen LogP contribution in [0.25, 0.3) is 0 Å². The second-order valence-corrected chi connectivity index (χ2v) is 5.90. The van der Waals surface area contributed by atoms with E-state index in [0.717, 1.165) is 11.3 Å². The average Bonchev–Trinajstić information content (AvgIpc) is 2.43. The first-order valence-corrected chi connectivity index (χ1v) is 7.52. The monoisotopic (exact) mass is 293 g/mol. The molecule has 0 radical (unpaired) electrons. The summed E-state index contributed by atoms with van der Waals surface area (Å²) in [5.41, 5.74) is 1.98. The lowest BCUT2D eigenvalue weighted by Crippen LogP contribution is -2.41. The minimum Gasteiger partial charge on any atom is -0.396 e. The van der Waals surface area contributed by atoms with Gasteiger partial charge in [0.25, 0.3) is 0 Å². The number of urea groups is 1. The van der Waals surface area contributed by atoms with Crippen molar-refractivity contribution in [2.24, 2.45) is 11.8 Å². The molecule has 0 aliphatic carbocycles. The van der Waals surface area contributed by atoms with Gasteiger partial charge < -0.3 is 15.7 Å². The van der Waals surface area contributed by atoms with Crippen molar-refractivity contribution in [3.05, 3.63) is 29.6 Å². The first-order chi connectivity index (χ1) is 9.95. The highest BCUT2D eigenvalue weighted by Crippen LogP contribution is 2.22. The molecule has 2 atom stereocenters. The van der Waals surface area contributed by atoms with Crippen LogP contribution in [-0.2, 0) is 0 Å². The maximum Gasteiger partial charge on any atom is 0.315 e. The fourth-order valence-electron chi connectivity index (χ4n) is 2.16. The topological polar surface area (TPSA) is 74.2 Å². The van der Waals surface area contributed by atoms with E-state index >= 15 is 0 Å². The predicted octanol–water partition coefficient (Wildman–Crippen LogP) is 2.40. The van der Waals surface area contributed by atoms with Crippen molar-refractivity contribution in [2.45, 2.75) is 40.2 Å². The number of rotatable bonds is 7. The third-order valence-electron chi connectivity index (χ3n) is 3.53. The summed E-state index contributed by atoms with van der Waals surface area (Å²) in [6.07, 6.45) is 2.44. The minimum absolute atomic E-state index is 0.112. The van der Waals surface area contributed by atoms with E-state index in [-0.39, 0.29) is 30.5 Å². The molecular weight excluding hydrogens is 266 g/mol. The zero-order valence-corrected chi connectivity index (χ0v) is 13.4. The van der Waals surface area contributed by atoms with Gasteiger partial charge in [0.05, 0.1) is 11.7 Å². The largest absolute Gasteiger partial charge is 0.396 e. The van der Waals surface area contributed by atoms with Gasteiger partial charge in [-0.2, -0.15) is 0 Å². The number of nitrogens with zero attached hydrogens (tertiary/aromatic N) is 1. The van der Waals surface area contributed by atoms with Crippen LogP contribution >= 0.6 is 0 Å². The number of amides is 2. The van der Waals surface area contributed by atoms with Gasteiger partial charge in [-0.15, -0.1) is 0 Å². The van der Waals surface area contributed by atoms with E-state index in [4.69, 9.17) is 5.11 Å². The maximum atomic E-state index is 12.0. The Bertz CT molecular complexity index is 449. The number of aryl methyl sites for hydroxylation is 1. The van der Waals surface area contributed by atoms with Crippen LogP contribution < -0.4 is 10.6 Å². The Balaban J connectivity index is 2.63. The summed E-state index contributed by atoms with van der Waals surface area (Å²) < 4.78 is 0. The third-order valence-corrected chi connectivity index (χ3v) is 3.53. The Morgan fingerprint density at radius 2 is 2.10 bits per heavy atom. The van der Waals surface area contributed by atoms with Crippen LogP contribution in [0.4, 0.5) is 4.79 Å². The van der Waals surface area contributed by atoms with Gasteiger partial charge in [0, 0.05) is 19.3 Å². The van der Waals surface area contributed by atoms with Crippen molar-refractivity contribution in [1.29, 1.82) is 0 Å². The smallest absolute Gasteiger partial charge is 0.315 e. The zero-order chi connectivity index (χ0) is 15.8. The first-order valence-electron chi connectivity index (χ1n) is 7.52. The second kappa shape index (κ2) is 8.62. The van der Waals surface area contributed by atoms with Crippen molar-refractivity contribution >= 4 is 6.03 Å². The fourth-order valence-corrected chi connectivity index (χ4v) is 2.16. The normalized spacial score (nSPS) is 13.8. The van der Waals surface area contributed by atoms with Crippen LogP contribution in [0.1, 0.15) is 44.5 Å². The molecule has 0 saturated carbocycles. The van der Waals surface area contributed by atoms with Crippen molar-refractivity contribution in [1.82, 2.24) is 15.6 Å². The van der Waals surface area contributed by atoms with Gasteiger partial charge >= 0.3 is 6.03 Å². The highest BCUT2D eigenvalue weighted by Gasteiger charge is 2.21. The Morgan fingerprint density at radius 1 is 1.38 bits per heavy atom. The molecule has 21 heavy (non-hydrogen) atoms. The van der Waals surface area contributed by atoms with E-state index in [1.807, 2.05) is 26.0 Å². The molecular formula is C16H27N3O2. The molecule has 0 spiro atoms. The number of aliphatic hydroxyl groups excluding tert-OH is 1. The summed E-state index contributed by atoms with van der Waals surface area (Å²) in [4.78, 5) is 16.4. The number of pyridine rings is 1. The summed E-state index contributed by atoms with van der Waals surface area (Å²) in [5.74, 6) is 0.508. The number of aliphatic hydroxyl groups is 1. The highest BCUT2D eigenvalue weighted by atomic mass is 16.3. The molecule has 0 saturated heterocycles. The molecule has 0 bridgehead atoms. The molecule has 5 heteroatoms. The molecule has 0 fully saturated rings. The quantitative estimate of drug-likeness (QED) is 0.722. The molecule has 0 aliphatic rings. The van der Waals surface area contributed by atoms with Crippen molar-refractivity contribution in [3.8, 4) is 0 Å². The summed E-state index contributed by atoms with van der Waals surface area (Å²) in [6, 6.07) is 3.59. The lowest BCUT2D eigenvalue weighted by molar-refractivity contribution is 0.226. The van der Waals surface area contributed by atoms with Crippen LogP contribution in [0.5, 0.6) is 0 Å². The molecule has 0 aromatic carbocycles. The van der Waals surface area contributed by atoms with E-state index in [1.54, 1.807) is 6.20 Å². The number of carbonyl (C=O) groups excluding carboxylic acids is 1. The molecule has 2 amide bonds. The van der Waals surface area contributed by atoms with Crippen molar-refractivity contribution in [2.75, 3.05) is 13.2 Å². The minimum atomic E-state index is -0.191. The Labute approximate surface area is 127 Å². The van der Waals surface area contributed by atoms with Crippen LogP contribution in [-0.4, -0.2) is 29.3 Å². The summed E-state index contributed by atoms with van der Waals surface area (Å²) in [6.45, 7) is 8.82. The number of hydrogen-bond donors (Lipinski definition) is 3. The van der Waals surface area contributed by atoms with E-state index in [0.29, 0.717) is 13.0 Å². The molecule has 3 N–H and O–H groups in total. The lowest BCUT2D eigenvalue weighted by Gasteiger charge is -2.24. The first kappa shape index (κ1) is 17.4. The van der Waals surface area contributed by atoms with Crippen molar-refractivity contribution < 1.29 is 9.90 Å². The third kappa shape index (κ3) is 5.71. The van der Waals surface area contributed by atoms with E-state index in [2.05, 4.69) is 29.5 Å². The number of nitrogens with one attached hydrogen (secondary N) is 2. The zero-order valence-electron chi connectivity index (χ0n) is 13.4. The number of hydrogen-bond acceptors (Lipinski definition) is 3. The van der Waals surface area contributed by atoms with E-state index in [1.165, 1.54) is 0 Å². The Kier molecular flexibility index (Phi) is 7.15. The van der Waals surface area contributed by atoms with Gasteiger partial charge in [0.1, 0.15) is 0 Å². The van der Waals surface area contributed by atoms with Gasteiger partial charge in [-0.3, -0.25) is 4.98 Å². The van der Waals surface area contributed by atoms with Crippen LogP contribution in [0.2, 0.25) is 0 Å². The standard InChI is InChI=1S/C16H27N3O2/c1-11(2)14(15-13(4)6-5-8-17-15)19-16(21)18-10-12(3)7-9-20/h5-6,8,11-12,14,20H,7,9-10H2,1-4H3,(H2,18,19,21). The van der Waals surface area contributed by atoms with Gasteiger partial charge in [-0.1, -0.05) is 26.8 Å². The van der Waals surface area contributed by atoms with E-state index < -0.39 is 0 Å². The van der Waals surface area contributed by atoms with Gasteiger partial charge in [0.15, 0.2) is 0 Å². The molecule has 5 nitrogen and oxygen atoms in total. The second-order valence-electron chi connectivity index (χ2n) is 5.90. The fraction of sp³-hybridized carbons (Fsp3) is 0.625. The summed E-state index contributed by atoms with van der Waals surface area (Å²) >= 11 is 0. The van der Waals surface area contributed by atoms with Crippen LogP contribution in [0.15, 0.2) is 18.3 Å². The molecule has 1 aromatic heterocycles. The highest BCUT2D eigenvalue weighted by molar-refractivity contribution is 5.74. The lowest BCUT2D eigenvalue weighted by atomic mass is 9.97. The van der Waals surface area contributed by atoms with Crippen molar-refractivity contribution in [3.63, 3.8) is 0 Å². The molecule has 1 rings (SSSR count). The Hall–Kier alpha value is -1.62. The van der Waals surface area contributed by atoms with Crippen LogP contribution in [0, 0.1) is 18.8 Å². The number of carbonyl (C=O) groups is 1. The molecule has 2 unspecified atom stereocenters. The van der Waals surface area contributed by atoms with Gasteiger partial charge in [-0.25, -0.2) is 4.79 Å². The molecule has 1 heterocycles. The van der Waals surface area contributed by atoms with Gasteiger partial charge in [0.2, 0.25) is 0 Å². The number of aromatic nitrogens is 1. The molecule has 118 valence electrons. The predicted molar refractivity (Wildman–Crippen MR) is 84.0 cm³/mol. The summed E-state index contributed by atoms with van der Waals surface area (Å²) in [7, 11) is 0. The van der Waals surface area contributed by atoms with Crippen LogP contribution in [0.3, 0.4) is 0 Å². The van der Waals surface area contributed by atoms with E-state index in [9.17, 15) is 4.79 Å². The SMILES string of the molecule is Cc1cccnc1C(NC(=O)NCC(C)CCO)C(C)C. The maximum absolute atomic E-state index is 12.0. The molecule has 1 aromatic rings.